The summed E-state index contributed by atoms with van der Waals surface area (Å²) in [7, 11) is 0. The van der Waals surface area contributed by atoms with Crippen LogP contribution in [0.1, 0.15) is 22.2 Å². The summed E-state index contributed by atoms with van der Waals surface area (Å²) in [5, 5.41) is 3.20. The number of hydrogen-bond acceptors (Lipinski definition) is 3. The molecule has 1 aromatic carbocycles. The highest BCUT2D eigenvalue weighted by Gasteiger charge is 2.13. The molecule has 0 saturated carbocycles. The summed E-state index contributed by atoms with van der Waals surface area (Å²) in [6, 6.07) is 12.3. The van der Waals surface area contributed by atoms with Crippen molar-refractivity contribution >= 4 is 22.3 Å². The van der Waals surface area contributed by atoms with Gasteiger partial charge in [0.1, 0.15) is 11.3 Å². The maximum atomic E-state index is 6.20. The van der Waals surface area contributed by atoms with Gasteiger partial charge in [0.05, 0.1) is 6.04 Å². The highest BCUT2D eigenvalue weighted by atomic mass is 32.1. The van der Waals surface area contributed by atoms with Gasteiger partial charge in [0.25, 0.3) is 0 Å². The number of nitrogens with two attached hydrogens (primary N) is 1. The highest BCUT2D eigenvalue weighted by Crippen LogP contribution is 2.26. The van der Waals surface area contributed by atoms with Gasteiger partial charge in [-0.1, -0.05) is 17.7 Å². The lowest BCUT2D eigenvalue weighted by Gasteiger charge is -2.05. The molecule has 2 heterocycles. The van der Waals surface area contributed by atoms with Crippen LogP contribution in [0, 0.1) is 6.92 Å². The van der Waals surface area contributed by atoms with Gasteiger partial charge in [0.2, 0.25) is 0 Å². The lowest BCUT2D eigenvalue weighted by molar-refractivity contribution is 0.495. The lowest BCUT2D eigenvalue weighted by atomic mass is 10.1. The molecule has 1 unspecified atom stereocenters. The van der Waals surface area contributed by atoms with E-state index in [0.29, 0.717) is 0 Å². The lowest BCUT2D eigenvalue weighted by Crippen LogP contribution is -2.11. The fourth-order valence-corrected chi connectivity index (χ4v) is 2.88. The van der Waals surface area contributed by atoms with Crippen LogP contribution >= 0.6 is 11.3 Å². The summed E-state index contributed by atoms with van der Waals surface area (Å²) in [6.07, 6.45) is 0.830. The average Bonchev–Trinajstić information content (AvgIpc) is 2.96. The molecule has 2 N–H and O–H groups in total. The summed E-state index contributed by atoms with van der Waals surface area (Å²) >= 11 is 1.73. The second-order valence-corrected chi connectivity index (χ2v) is 5.61. The number of thiophene rings is 1. The molecule has 0 aliphatic rings. The molecule has 0 amide bonds. The van der Waals surface area contributed by atoms with E-state index in [9.17, 15) is 0 Å². The monoisotopic (exact) mass is 257 g/mol. The van der Waals surface area contributed by atoms with Crippen molar-refractivity contribution < 1.29 is 4.42 Å². The largest absolute Gasteiger partial charge is 0.459 e. The van der Waals surface area contributed by atoms with Crippen molar-refractivity contribution in [2.45, 2.75) is 19.4 Å². The van der Waals surface area contributed by atoms with Gasteiger partial charge in [0, 0.05) is 16.7 Å². The standard InChI is InChI=1S/C15H15NOS/c1-10-4-5-14-11(7-10)8-15(17-14)13(16)9-12-3-2-6-18-12/h2-8,13H,9,16H2,1H3. The van der Waals surface area contributed by atoms with Crippen molar-refractivity contribution in [2.75, 3.05) is 0 Å². The molecular formula is C15H15NOS. The van der Waals surface area contributed by atoms with E-state index >= 15 is 0 Å². The normalized spacial score (nSPS) is 13.0. The minimum absolute atomic E-state index is 0.0728. The van der Waals surface area contributed by atoms with E-state index in [2.05, 4.69) is 42.6 Å². The van der Waals surface area contributed by atoms with Gasteiger partial charge in [-0.2, -0.15) is 0 Å². The van der Waals surface area contributed by atoms with Crippen LogP contribution < -0.4 is 5.73 Å². The van der Waals surface area contributed by atoms with E-state index in [1.165, 1.54) is 10.4 Å². The van der Waals surface area contributed by atoms with E-state index in [0.717, 1.165) is 23.2 Å². The number of hydrogen-bond donors (Lipinski definition) is 1. The van der Waals surface area contributed by atoms with Crippen LogP contribution in [0.2, 0.25) is 0 Å². The molecule has 0 fully saturated rings. The highest BCUT2D eigenvalue weighted by molar-refractivity contribution is 7.09. The third-order valence-corrected chi connectivity index (χ3v) is 3.96. The maximum Gasteiger partial charge on any atom is 0.134 e. The Hall–Kier alpha value is -1.58. The Kier molecular flexibility index (Phi) is 2.94. The first-order valence-corrected chi connectivity index (χ1v) is 6.88. The van der Waals surface area contributed by atoms with E-state index in [1.807, 2.05) is 6.07 Å². The molecular weight excluding hydrogens is 242 g/mol. The van der Waals surface area contributed by atoms with Crippen molar-refractivity contribution in [3.8, 4) is 0 Å². The SMILES string of the molecule is Cc1ccc2oc(C(N)Cc3cccs3)cc2c1. The number of rotatable bonds is 3. The van der Waals surface area contributed by atoms with Crippen molar-refractivity contribution in [1.82, 2.24) is 0 Å². The molecule has 0 saturated heterocycles. The first-order valence-electron chi connectivity index (χ1n) is 6.00. The first-order chi connectivity index (χ1) is 8.72. The number of benzene rings is 1. The fraction of sp³-hybridized carbons (Fsp3) is 0.200. The molecule has 0 aliphatic carbocycles. The Morgan fingerprint density at radius 1 is 1.28 bits per heavy atom. The van der Waals surface area contributed by atoms with E-state index in [-0.39, 0.29) is 6.04 Å². The maximum absolute atomic E-state index is 6.20. The van der Waals surface area contributed by atoms with Crippen LogP contribution in [0.5, 0.6) is 0 Å². The number of furan rings is 1. The summed E-state index contributed by atoms with van der Waals surface area (Å²) in [6.45, 7) is 2.08. The third-order valence-electron chi connectivity index (χ3n) is 3.06. The van der Waals surface area contributed by atoms with Crippen molar-refractivity contribution in [3.63, 3.8) is 0 Å². The van der Waals surface area contributed by atoms with Gasteiger partial charge in [0.15, 0.2) is 0 Å². The van der Waals surface area contributed by atoms with Crippen LogP contribution in [0.3, 0.4) is 0 Å². The van der Waals surface area contributed by atoms with Crippen LogP contribution in [-0.4, -0.2) is 0 Å². The molecule has 1 atom stereocenters. The minimum atomic E-state index is -0.0728. The minimum Gasteiger partial charge on any atom is -0.459 e. The van der Waals surface area contributed by atoms with Crippen molar-refractivity contribution in [1.29, 1.82) is 0 Å². The zero-order valence-corrected chi connectivity index (χ0v) is 11.0. The van der Waals surface area contributed by atoms with E-state index in [1.54, 1.807) is 11.3 Å². The van der Waals surface area contributed by atoms with E-state index < -0.39 is 0 Å². The molecule has 3 rings (SSSR count). The predicted octanol–water partition coefficient (Wildman–Crippen LogP) is 4.05. The molecule has 0 spiro atoms. The second-order valence-electron chi connectivity index (χ2n) is 4.58. The second kappa shape index (κ2) is 4.59. The zero-order valence-electron chi connectivity index (χ0n) is 10.2. The van der Waals surface area contributed by atoms with Crippen LogP contribution in [-0.2, 0) is 6.42 Å². The Balaban J connectivity index is 1.89. The van der Waals surface area contributed by atoms with Crippen molar-refractivity contribution in [3.05, 3.63) is 58.0 Å². The van der Waals surface area contributed by atoms with Gasteiger partial charge in [-0.15, -0.1) is 11.3 Å². The molecule has 18 heavy (non-hydrogen) atoms. The fourth-order valence-electron chi connectivity index (χ4n) is 2.11. The average molecular weight is 257 g/mol. The molecule has 3 heteroatoms. The quantitative estimate of drug-likeness (QED) is 0.769. The van der Waals surface area contributed by atoms with Gasteiger partial charge in [-0.25, -0.2) is 0 Å². The van der Waals surface area contributed by atoms with Crippen molar-refractivity contribution in [2.24, 2.45) is 5.73 Å². The van der Waals surface area contributed by atoms with Gasteiger partial charge >= 0.3 is 0 Å². The van der Waals surface area contributed by atoms with Crippen LogP contribution in [0.4, 0.5) is 0 Å². The van der Waals surface area contributed by atoms with Gasteiger partial charge in [-0.05, 0) is 36.6 Å². The summed E-state index contributed by atoms with van der Waals surface area (Å²) in [5.74, 6) is 0.865. The smallest absolute Gasteiger partial charge is 0.134 e. The topological polar surface area (TPSA) is 39.2 Å². The Morgan fingerprint density at radius 3 is 2.94 bits per heavy atom. The van der Waals surface area contributed by atoms with Crippen LogP contribution in [0.15, 0.2) is 46.2 Å². The van der Waals surface area contributed by atoms with Gasteiger partial charge < -0.3 is 10.2 Å². The number of aryl methyl sites for hydroxylation is 1. The summed E-state index contributed by atoms with van der Waals surface area (Å²) in [4.78, 5) is 1.29. The number of fused-ring (bicyclic) bond motifs is 1. The third kappa shape index (κ3) is 2.19. The molecule has 0 aliphatic heterocycles. The van der Waals surface area contributed by atoms with Crippen LogP contribution in [0.25, 0.3) is 11.0 Å². The molecule has 92 valence electrons. The molecule has 0 radical (unpaired) electrons. The summed E-state index contributed by atoms with van der Waals surface area (Å²) in [5.41, 5.74) is 8.35. The Labute approximate surface area is 110 Å². The molecule has 2 nitrogen and oxygen atoms in total. The predicted molar refractivity (Wildman–Crippen MR) is 75.9 cm³/mol. The molecule has 2 aromatic heterocycles. The molecule has 0 bridgehead atoms. The Morgan fingerprint density at radius 2 is 2.17 bits per heavy atom. The zero-order chi connectivity index (χ0) is 12.5. The van der Waals surface area contributed by atoms with E-state index in [4.69, 9.17) is 10.2 Å². The molecule has 3 aromatic rings. The first kappa shape index (κ1) is 11.5. The summed E-state index contributed by atoms with van der Waals surface area (Å²) < 4.78 is 5.81. The Bertz CT molecular complexity index is 654. The van der Waals surface area contributed by atoms with Gasteiger partial charge in [-0.3, -0.25) is 0 Å².